The summed E-state index contributed by atoms with van der Waals surface area (Å²) in [6.45, 7) is -0.604. The minimum absolute atomic E-state index is 0.127. The highest BCUT2D eigenvalue weighted by Gasteiger charge is 2.21. The van der Waals surface area contributed by atoms with Crippen LogP contribution in [0.2, 0.25) is 0 Å². The molecule has 1 unspecified atom stereocenters. The Morgan fingerprint density at radius 3 is 2.38 bits per heavy atom. The van der Waals surface area contributed by atoms with E-state index in [1.165, 1.54) is 6.42 Å². The summed E-state index contributed by atoms with van der Waals surface area (Å²) in [6.07, 6.45) is 5.24. The Morgan fingerprint density at radius 2 is 1.88 bits per heavy atom. The highest BCUT2D eigenvalue weighted by Crippen LogP contribution is 2.17. The van der Waals surface area contributed by atoms with Crippen LogP contribution in [-0.2, 0) is 4.79 Å². The molecule has 1 aliphatic rings. The average molecular weight is 230 g/mol. The van der Waals surface area contributed by atoms with Crippen LogP contribution in [0.4, 0.5) is 4.79 Å². The van der Waals surface area contributed by atoms with E-state index in [1.807, 2.05) is 0 Å². The van der Waals surface area contributed by atoms with Crippen molar-refractivity contribution in [1.29, 1.82) is 0 Å². The van der Waals surface area contributed by atoms with E-state index in [0.29, 0.717) is 0 Å². The number of carbonyl (C=O) groups is 2. The van der Waals surface area contributed by atoms with Crippen molar-refractivity contribution in [1.82, 2.24) is 10.6 Å². The zero-order valence-corrected chi connectivity index (χ0v) is 9.11. The molecule has 1 atom stereocenters. The number of carboxylic acids is 1. The number of rotatable bonds is 4. The molecule has 2 amide bonds. The van der Waals surface area contributed by atoms with Crippen molar-refractivity contribution in [2.75, 3.05) is 6.61 Å². The lowest BCUT2D eigenvalue weighted by atomic mass is 9.96. The maximum atomic E-state index is 11.4. The minimum atomic E-state index is -1.23. The molecule has 6 nitrogen and oxygen atoms in total. The van der Waals surface area contributed by atoms with Gasteiger partial charge in [0.1, 0.15) is 0 Å². The fourth-order valence-corrected chi connectivity index (χ4v) is 1.82. The third kappa shape index (κ3) is 4.06. The number of amides is 2. The van der Waals surface area contributed by atoms with Crippen LogP contribution in [0.15, 0.2) is 0 Å². The molecule has 1 saturated carbocycles. The van der Waals surface area contributed by atoms with Crippen molar-refractivity contribution >= 4 is 12.0 Å². The third-order valence-corrected chi connectivity index (χ3v) is 2.73. The van der Waals surface area contributed by atoms with Crippen LogP contribution < -0.4 is 10.6 Å². The second-order valence-corrected chi connectivity index (χ2v) is 4.03. The number of hydrogen-bond acceptors (Lipinski definition) is 3. The lowest BCUT2D eigenvalue weighted by Crippen LogP contribution is -2.50. The van der Waals surface area contributed by atoms with E-state index in [9.17, 15) is 9.59 Å². The van der Waals surface area contributed by atoms with E-state index < -0.39 is 24.6 Å². The van der Waals surface area contributed by atoms with Crippen molar-refractivity contribution in [2.24, 2.45) is 0 Å². The van der Waals surface area contributed by atoms with Crippen molar-refractivity contribution in [3.05, 3.63) is 0 Å². The summed E-state index contributed by atoms with van der Waals surface area (Å²) in [7, 11) is 0. The van der Waals surface area contributed by atoms with Gasteiger partial charge in [0.2, 0.25) is 0 Å². The molecule has 1 fully saturated rings. The van der Waals surface area contributed by atoms with E-state index in [0.717, 1.165) is 25.7 Å². The van der Waals surface area contributed by atoms with Gasteiger partial charge in [-0.15, -0.1) is 0 Å². The highest BCUT2D eigenvalue weighted by atomic mass is 16.4. The van der Waals surface area contributed by atoms with Gasteiger partial charge in [0.05, 0.1) is 6.61 Å². The van der Waals surface area contributed by atoms with E-state index in [-0.39, 0.29) is 6.04 Å². The molecule has 0 aromatic carbocycles. The summed E-state index contributed by atoms with van der Waals surface area (Å²) in [5, 5.41) is 22.3. The van der Waals surface area contributed by atoms with Gasteiger partial charge in [-0.05, 0) is 12.8 Å². The standard InChI is InChI=1S/C10H18N2O4/c13-6-8(9(14)15)12-10(16)11-7-4-2-1-3-5-7/h7-8,13H,1-6H2,(H,14,15)(H2,11,12,16). The Kier molecular flexibility index (Phi) is 5.04. The van der Waals surface area contributed by atoms with Crippen LogP contribution in [0.5, 0.6) is 0 Å². The van der Waals surface area contributed by atoms with Crippen molar-refractivity contribution in [2.45, 2.75) is 44.2 Å². The Balaban J connectivity index is 2.31. The lowest BCUT2D eigenvalue weighted by Gasteiger charge is -2.23. The van der Waals surface area contributed by atoms with E-state index in [1.54, 1.807) is 0 Å². The van der Waals surface area contributed by atoms with Gasteiger partial charge < -0.3 is 20.8 Å². The molecule has 1 aliphatic carbocycles. The van der Waals surface area contributed by atoms with Crippen LogP contribution in [0.3, 0.4) is 0 Å². The van der Waals surface area contributed by atoms with Crippen LogP contribution in [0.25, 0.3) is 0 Å². The molecule has 0 bridgehead atoms. The number of urea groups is 1. The fraction of sp³-hybridized carbons (Fsp3) is 0.800. The van der Waals surface area contributed by atoms with E-state index >= 15 is 0 Å². The number of aliphatic hydroxyl groups excluding tert-OH is 1. The first-order valence-electron chi connectivity index (χ1n) is 5.54. The first kappa shape index (κ1) is 12.8. The zero-order chi connectivity index (χ0) is 12.0. The van der Waals surface area contributed by atoms with Crippen LogP contribution in [0.1, 0.15) is 32.1 Å². The molecule has 0 aromatic heterocycles. The van der Waals surface area contributed by atoms with Crippen molar-refractivity contribution in [3.8, 4) is 0 Å². The minimum Gasteiger partial charge on any atom is -0.480 e. The topological polar surface area (TPSA) is 98.7 Å². The molecular weight excluding hydrogens is 212 g/mol. The van der Waals surface area contributed by atoms with Gasteiger partial charge in [-0.1, -0.05) is 19.3 Å². The van der Waals surface area contributed by atoms with Gasteiger partial charge in [-0.2, -0.15) is 0 Å². The van der Waals surface area contributed by atoms with Gasteiger partial charge in [0.25, 0.3) is 0 Å². The van der Waals surface area contributed by atoms with Gasteiger partial charge >= 0.3 is 12.0 Å². The highest BCUT2D eigenvalue weighted by molar-refractivity contribution is 5.82. The van der Waals surface area contributed by atoms with E-state index in [2.05, 4.69) is 10.6 Å². The Labute approximate surface area is 94.0 Å². The fourth-order valence-electron chi connectivity index (χ4n) is 1.82. The first-order chi connectivity index (χ1) is 7.63. The maximum absolute atomic E-state index is 11.4. The number of hydrogen-bond donors (Lipinski definition) is 4. The van der Waals surface area contributed by atoms with Gasteiger partial charge in [0.15, 0.2) is 6.04 Å². The SMILES string of the molecule is O=C(NC1CCCCC1)NC(CO)C(=O)O. The largest absolute Gasteiger partial charge is 0.480 e. The normalized spacial score (nSPS) is 18.8. The molecule has 4 N–H and O–H groups in total. The number of nitrogens with one attached hydrogen (secondary N) is 2. The number of aliphatic hydroxyl groups is 1. The van der Waals surface area contributed by atoms with Crippen molar-refractivity contribution < 1.29 is 19.8 Å². The zero-order valence-electron chi connectivity index (χ0n) is 9.11. The van der Waals surface area contributed by atoms with Crippen molar-refractivity contribution in [3.63, 3.8) is 0 Å². The summed E-state index contributed by atoms with van der Waals surface area (Å²) >= 11 is 0. The summed E-state index contributed by atoms with van der Waals surface area (Å²) in [6, 6.07) is -1.63. The summed E-state index contributed by atoms with van der Waals surface area (Å²) in [5.74, 6) is -1.23. The second-order valence-electron chi connectivity index (χ2n) is 4.03. The Bertz CT molecular complexity index is 251. The molecule has 0 aromatic rings. The number of aliphatic carboxylic acids is 1. The average Bonchev–Trinajstić information content (AvgIpc) is 2.27. The van der Waals surface area contributed by atoms with Gasteiger partial charge in [0, 0.05) is 6.04 Å². The third-order valence-electron chi connectivity index (χ3n) is 2.73. The van der Waals surface area contributed by atoms with Crippen LogP contribution >= 0.6 is 0 Å². The quantitative estimate of drug-likeness (QED) is 0.549. The summed E-state index contributed by atoms with van der Waals surface area (Å²) < 4.78 is 0. The first-order valence-corrected chi connectivity index (χ1v) is 5.54. The molecule has 6 heteroatoms. The summed E-state index contributed by atoms with van der Waals surface area (Å²) in [5.41, 5.74) is 0. The number of carboxylic acid groups (broad SMARTS) is 1. The molecule has 0 heterocycles. The maximum Gasteiger partial charge on any atom is 0.328 e. The molecule has 0 saturated heterocycles. The monoisotopic (exact) mass is 230 g/mol. The lowest BCUT2D eigenvalue weighted by molar-refractivity contribution is -0.140. The van der Waals surface area contributed by atoms with E-state index in [4.69, 9.17) is 10.2 Å². The van der Waals surface area contributed by atoms with Crippen LogP contribution in [0, 0.1) is 0 Å². The van der Waals surface area contributed by atoms with Crippen LogP contribution in [-0.4, -0.2) is 40.9 Å². The Morgan fingerprint density at radius 1 is 1.25 bits per heavy atom. The predicted molar refractivity (Wildman–Crippen MR) is 57.1 cm³/mol. The number of carbonyl (C=O) groups excluding carboxylic acids is 1. The molecular formula is C10H18N2O4. The van der Waals surface area contributed by atoms with Gasteiger partial charge in [-0.25, -0.2) is 9.59 Å². The predicted octanol–water partition coefficient (Wildman–Crippen LogP) is 0.0638. The van der Waals surface area contributed by atoms with Gasteiger partial charge in [-0.3, -0.25) is 0 Å². The molecule has 1 rings (SSSR count). The molecule has 92 valence electrons. The molecule has 0 radical (unpaired) electrons. The molecule has 0 aliphatic heterocycles. The molecule has 0 spiro atoms. The second kappa shape index (κ2) is 6.32. The molecule has 16 heavy (non-hydrogen) atoms. The Hall–Kier alpha value is -1.30. The smallest absolute Gasteiger partial charge is 0.328 e. The summed E-state index contributed by atoms with van der Waals surface area (Å²) in [4.78, 5) is 21.9.